The van der Waals surface area contributed by atoms with E-state index in [1.165, 1.54) is 0 Å². The van der Waals surface area contributed by atoms with Gasteiger partial charge in [0.25, 0.3) is 5.91 Å². The molecule has 0 bridgehead atoms. The molecular formula is C26H31N3O5. The van der Waals surface area contributed by atoms with Gasteiger partial charge in [0, 0.05) is 43.6 Å². The van der Waals surface area contributed by atoms with Crippen LogP contribution in [-0.4, -0.2) is 58.3 Å². The highest BCUT2D eigenvalue weighted by Gasteiger charge is 2.39. The number of hydrogen-bond donors (Lipinski definition) is 1. The van der Waals surface area contributed by atoms with E-state index >= 15 is 0 Å². The van der Waals surface area contributed by atoms with Gasteiger partial charge < -0.3 is 14.5 Å². The van der Waals surface area contributed by atoms with Crippen molar-refractivity contribution in [2.24, 2.45) is 5.92 Å². The van der Waals surface area contributed by atoms with Crippen molar-refractivity contribution in [1.82, 2.24) is 15.1 Å². The molecule has 2 saturated heterocycles. The molecule has 3 aliphatic heterocycles. The lowest BCUT2D eigenvalue weighted by Crippen LogP contribution is -2.52. The predicted molar refractivity (Wildman–Crippen MR) is 125 cm³/mol. The third-order valence-corrected chi connectivity index (χ3v) is 6.41. The van der Waals surface area contributed by atoms with Crippen LogP contribution in [0, 0.1) is 17.8 Å². The summed E-state index contributed by atoms with van der Waals surface area (Å²) in [4.78, 5) is 51.9. The first-order chi connectivity index (χ1) is 16.1. The molecule has 1 N–H and O–H groups in total. The van der Waals surface area contributed by atoms with Gasteiger partial charge in [-0.2, -0.15) is 0 Å². The summed E-state index contributed by atoms with van der Waals surface area (Å²) in [5.74, 6) is 6.01. The van der Waals surface area contributed by atoms with E-state index in [4.69, 9.17) is 4.74 Å². The van der Waals surface area contributed by atoms with E-state index in [2.05, 4.69) is 17.2 Å². The molecule has 0 aliphatic carbocycles. The van der Waals surface area contributed by atoms with E-state index in [1.807, 2.05) is 32.9 Å². The van der Waals surface area contributed by atoms with Crippen molar-refractivity contribution in [2.45, 2.75) is 71.1 Å². The van der Waals surface area contributed by atoms with Gasteiger partial charge in [0.1, 0.15) is 11.6 Å². The molecule has 0 spiro atoms. The first-order valence-electron chi connectivity index (χ1n) is 11.8. The number of nitrogens with one attached hydrogen (secondary N) is 1. The molecule has 4 amide bonds. The Hall–Kier alpha value is -3.34. The average Bonchev–Trinajstić information content (AvgIpc) is 3.08. The number of imide groups is 1. The highest BCUT2D eigenvalue weighted by molar-refractivity contribution is 6.05. The van der Waals surface area contributed by atoms with E-state index < -0.39 is 17.6 Å². The van der Waals surface area contributed by atoms with E-state index in [0.717, 1.165) is 30.4 Å². The van der Waals surface area contributed by atoms with Crippen LogP contribution in [0.25, 0.3) is 0 Å². The van der Waals surface area contributed by atoms with Crippen LogP contribution in [0.3, 0.4) is 0 Å². The van der Waals surface area contributed by atoms with Crippen molar-refractivity contribution >= 4 is 23.8 Å². The molecule has 1 unspecified atom stereocenters. The maximum Gasteiger partial charge on any atom is 0.410 e. The molecule has 3 heterocycles. The third kappa shape index (κ3) is 5.41. The summed E-state index contributed by atoms with van der Waals surface area (Å²) >= 11 is 0. The minimum absolute atomic E-state index is 0.180. The standard InChI is InChI=1S/C26H31N3O5/c1-26(2,3)34-25(33)28-13-11-17(12-14-28)5-4-6-18-7-8-20-19(15-18)16-29(24(20)32)21-9-10-22(30)27-23(21)31/h7-8,15,17,21H,5,9-14,16H2,1-3H3,(H,27,30,31). The summed E-state index contributed by atoms with van der Waals surface area (Å²) in [6.07, 6.45) is 2.88. The number of carbonyl (C=O) groups excluding carboxylic acids is 4. The minimum atomic E-state index is -0.612. The van der Waals surface area contributed by atoms with Gasteiger partial charge in [-0.1, -0.05) is 11.8 Å². The fourth-order valence-corrected chi connectivity index (χ4v) is 4.60. The number of carbonyl (C=O) groups is 4. The van der Waals surface area contributed by atoms with E-state index in [-0.39, 0.29) is 24.3 Å². The Labute approximate surface area is 200 Å². The molecule has 2 fully saturated rings. The fourth-order valence-electron chi connectivity index (χ4n) is 4.60. The largest absolute Gasteiger partial charge is 0.444 e. The van der Waals surface area contributed by atoms with Gasteiger partial charge in [0.2, 0.25) is 11.8 Å². The minimum Gasteiger partial charge on any atom is -0.444 e. The van der Waals surface area contributed by atoms with Gasteiger partial charge in [-0.3, -0.25) is 19.7 Å². The maximum atomic E-state index is 12.8. The first-order valence-corrected chi connectivity index (χ1v) is 11.8. The molecule has 0 aromatic heterocycles. The van der Waals surface area contributed by atoms with Crippen molar-refractivity contribution in [1.29, 1.82) is 0 Å². The number of benzene rings is 1. The lowest BCUT2D eigenvalue weighted by Gasteiger charge is -2.32. The highest BCUT2D eigenvalue weighted by Crippen LogP contribution is 2.28. The van der Waals surface area contributed by atoms with Crippen molar-refractivity contribution in [3.05, 3.63) is 34.9 Å². The monoisotopic (exact) mass is 465 g/mol. The molecule has 1 aromatic rings. The molecule has 180 valence electrons. The number of fused-ring (bicyclic) bond motifs is 1. The average molecular weight is 466 g/mol. The summed E-state index contributed by atoms with van der Waals surface area (Å²) in [6.45, 7) is 7.31. The number of piperidine rings is 2. The molecule has 34 heavy (non-hydrogen) atoms. The lowest BCUT2D eigenvalue weighted by molar-refractivity contribution is -0.136. The van der Waals surface area contributed by atoms with Crippen molar-refractivity contribution in [3.63, 3.8) is 0 Å². The van der Waals surface area contributed by atoms with Crippen LogP contribution in [0.5, 0.6) is 0 Å². The SMILES string of the molecule is CC(C)(C)OC(=O)N1CCC(CC#Cc2ccc3c(c2)CN(C2CCC(=O)NC2=O)C3=O)CC1. The van der Waals surface area contributed by atoms with Gasteiger partial charge in [-0.05, 0) is 69.7 Å². The summed E-state index contributed by atoms with van der Waals surface area (Å²) in [5, 5.41) is 2.32. The first kappa shape index (κ1) is 23.8. The lowest BCUT2D eigenvalue weighted by atomic mass is 9.94. The topological polar surface area (TPSA) is 96.0 Å². The summed E-state index contributed by atoms with van der Waals surface area (Å²) in [7, 11) is 0. The third-order valence-electron chi connectivity index (χ3n) is 6.41. The Morgan fingerprint density at radius 1 is 1.15 bits per heavy atom. The zero-order valence-electron chi connectivity index (χ0n) is 20.0. The second-order valence-electron chi connectivity index (χ2n) is 10.2. The molecule has 0 saturated carbocycles. The summed E-state index contributed by atoms with van der Waals surface area (Å²) < 4.78 is 5.45. The van der Waals surface area contributed by atoms with E-state index in [0.29, 0.717) is 37.5 Å². The highest BCUT2D eigenvalue weighted by atomic mass is 16.6. The molecule has 4 rings (SSSR count). The Balaban J connectivity index is 1.31. The van der Waals surface area contributed by atoms with Gasteiger partial charge in [0.05, 0.1) is 0 Å². The van der Waals surface area contributed by atoms with E-state index in [9.17, 15) is 19.2 Å². The molecule has 8 nitrogen and oxygen atoms in total. The number of likely N-dealkylation sites (tertiary alicyclic amines) is 1. The van der Waals surface area contributed by atoms with Gasteiger partial charge in [0.15, 0.2) is 0 Å². The molecule has 1 atom stereocenters. The predicted octanol–water partition coefficient (Wildman–Crippen LogP) is 2.84. The van der Waals surface area contributed by atoms with Crippen molar-refractivity contribution < 1.29 is 23.9 Å². The molecule has 0 radical (unpaired) electrons. The number of amides is 4. The van der Waals surface area contributed by atoms with Gasteiger partial charge in [-0.25, -0.2) is 4.79 Å². The smallest absolute Gasteiger partial charge is 0.410 e. The number of hydrogen-bond acceptors (Lipinski definition) is 5. The number of nitrogens with zero attached hydrogens (tertiary/aromatic N) is 2. The molecular weight excluding hydrogens is 434 g/mol. The van der Waals surface area contributed by atoms with Crippen LogP contribution in [0.2, 0.25) is 0 Å². The molecule has 1 aromatic carbocycles. The number of rotatable bonds is 2. The summed E-state index contributed by atoms with van der Waals surface area (Å²) in [6, 6.07) is 4.91. The second-order valence-corrected chi connectivity index (χ2v) is 10.2. The Kier molecular flexibility index (Phi) is 6.65. The van der Waals surface area contributed by atoms with Crippen molar-refractivity contribution in [2.75, 3.05) is 13.1 Å². The zero-order valence-corrected chi connectivity index (χ0v) is 20.0. The van der Waals surface area contributed by atoms with Crippen LogP contribution in [-0.2, 0) is 20.9 Å². The number of ether oxygens (including phenoxy) is 1. The van der Waals surface area contributed by atoms with E-state index in [1.54, 1.807) is 15.9 Å². The summed E-state index contributed by atoms with van der Waals surface area (Å²) in [5.41, 5.74) is 1.79. The van der Waals surface area contributed by atoms with Crippen LogP contribution in [0.1, 0.15) is 74.4 Å². The Bertz CT molecular complexity index is 1070. The quantitative estimate of drug-likeness (QED) is 0.535. The maximum absolute atomic E-state index is 12.8. The Morgan fingerprint density at radius 3 is 2.56 bits per heavy atom. The van der Waals surface area contributed by atoms with Crippen LogP contribution in [0.15, 0.2) is 18.2 Å². The second kappa shape index (κ2) is 9.49. The van der Waals surface area contributed by atoms with Gasteiger partial charge >= 0.3 is 6.09 Å². The molecule has 8 heteroatoms. The van der Waals surface area contributed by atoms with Crippen LogP contribution >= 0.6 is 0 Å². The zero-order chi connectivity index (χ0) is 24.5. The molecule has 3 aliphatic rings. The fraction of sp³-hybridized carbons (Fsp3) is 0.538. The van der Waals surface area contributed by atoms with Crippen LogP contribution in [0.4, 0.5) is 4.79 Å². The van der Waals surface area contributed by atoms with Crippen LogP contribution < -0.4 is 5.32 Å². The van der Waals surface area contributed by atoms with Crippen molar-refractivity contribution in [3.8, 4) is 11.8 Å². The Morgan fingerprint density at radius 2 is 1.88 bits per heavy atom. The normalized spacial score (nSPS) is 21.0. The van der Waals surface area contributed by atoms with Gasteiger partial charge in [-0.15, -0.1) is 0 Å².